The Labute approximate surface area is 67.6 Å². The van der Waals surface area contributed by atoms with Crippen LogP contribution in [0, 0.1) is 0 Å². The maximum Gasteiger partial charge on any atom is 0.425 e. The maximum absolute atomic E-state index is 10.5. The summed E-state index contributed by atoms with van der Waals surface area (Å²) in [5, 5.41) is 0. The zero-order valence-corrected chi connectivity index (χ0v) is 7.62. The molecule has 0 rings (SSSR count). The van der Waals surface area contributed by atoms with E-state index in [1.54, 1.807) is 0 Å². The Kier molecular flexibility index (Phi) is 5.72. The lowest BCUT2D eigenvalue weighted by Gasteiger charge is -2.07. The highest BCUT2D eigenvalue weighted by Crippen LogP contribution is 1.87. The van der Waals surface area contributed by atoms with Crippen molar-refractivity contribution in [3.8, 4) is 0 Å². The van der Waals surface area contributed by atoms with Crippen LogP contribution in [0.15, 0.2) is 12.7 Å². The van der Waals surface area contributed by atoms with E-state index in [-0.39, 0.29) is 6.23 Å². The predicted molar refractivity (Wildman–Crippen MR) is 40.9 cm³/mol. The number of ether oxygens (including phenoxy) is 1. The van der Waals surface area contributed by atoms with E-state index in [2.05, 4.69) is 11.3 Å². The summed E-state index contributed by atoms with van der Waals surface area (Å²) in [6, 6.07) is 0. The van der Waals surface area contributed by atoms with Gasteiger partial charge in [0.15, 0.2) is 0 Å². The standard InChI is InChI=1S/C6H11O4Si/c1-4-6(7)10-5-11(8-2)9-3/h4H,1,5H2,2-3H3. The summed E-state index contributed by atoms with van der Waals surface area (Å²) in [5.41, 5.74) is 0. The van der Waals surface area contributed by atoms with Crippen LogP contribution < -0.4 is 0 Å². The Hall–Kier alpha value is -0.653. The average molecular weight is 175 g/mol. The molecule has 63 valence electrons. The van der Waals surface area contributed by atoms with Crippen molar-refractivity contribution in [2.75, 3.05) is 20.4 Å². The van der Waals surface area contributed by atoms with Gasteiger partial charge in [0.2, 0.25) is 0 Å². The molecular formula is C6H11O4Si. The molecule has 0 aromatic carbocycles. The fourth-order valence-electron chi connectivity index (χ4n) is 0.390. The van der Waals surface area contributed by atoms with Gasteiger partial charge in [0.1, 0.15) is 6.23 Å². The van der Waals surface area contributed by atoms with Crippen molar-refractivity contribution in [2.45, 2.75) is 0 Å². The largest absolute Gasteiger partial charge is 0.461 e. The lowest BCUT2D eigenvalue weighted by molar-refractivity contribution is -0.136. The molecule has 11 heavy (non-hydrogen) atoms. The first-order valence-electron chi connectivity index (χ1n) is 2.97. The normalized spacial score (nSPS) is 9.73. The van der Waals surface area contributed by atoms with Crippen LogP contribution in [0.3, 0.4) is 0 Å². The van der Waals surface area contributed by atoms with E-state index in [1.165, 1.54) is 14.2 Å². The number of carbonyl (C=O) groups is 1. The van der Waals surface area contributed by atoms with E-state index in [1.807, 2.05) is 0 Å². The van der Waals surface area contributed by atoms with Crippen LogP contribution in [0.4, 0.5) is 0 Å². The third-order valence-electron chi connectivity index (χ3n) is 0.954. The summed E-state index contributed by atoms with van der Waals surface area (Å²) in [7, 11) is 1.61. The first-order chi connectivity index (χ1) is 5.24. The SMILES string of the molecule is C=CC(=O)OC[Si](OC)OC. The Morgan fingerprint density at radius 2 is 2.09 bits per heavy atom. The van der Waals surface area contributed by atoms with Crippen LogP contribution >= 0.6 is 0 Å². The molecule has 0 saturated carbocycles. The van der Waals surface area contributed by atoms with Gasteiger partial charge in [-0.15, -0.1) is 0 Å². The van der Waals surface area contributed by atoms with Crippen molar-refractivity contribution in [3.63, 3.8) is 0 Å². The van der Waals surface area contributed by atoms with Crippen molar-refractivity contribution in [1.29, 1.82) is 0 Å². The second kappa shape index (κ2) is 6.08. The van der Waals surface area contributed by atoms with Crippen molar-refractivity contribution in [1.82, 2.24) is 0 Å². The third-order valence-corrected chi connectivity index (χ3v) is 2.25. The molecule has 0 N–H and O–H groups in total. The van der Waals surface area contributed by atoms with Crippen LogP contribution in [0.25, 0.3) is 0 Å². The molecule has 5 heteroatoms. The summed E-state index contributed by atoms with van der Waals surface area (Å²) in [6.07, 6.45) is 1.29. The van der Waals surface area contributed by atoms with E-state index in [4.69, 9.17) is 8.85 Å². The molecule has 0 aromatic heterocycles. The minimum absolute atomic E-state index is 0.183. The van der Waals surface area contributed by atoms with Gasteiger partial charge in [0, 0.05) is 20.3 Å². The summed E-state index contributed by atoms with van der Waals surface area (Å²) in [4.78, 5) is 10.5. The van der Waals surface area contributed by atoms with Gasteiger partial charge in [-0.05, 0) is 0 Å². The van der Waals surface area contributed by atoms with E-state index in [0.717, 1.165) is 6.08 Å². The third kappa shape index (κ3) is 4.71. The zero-order valence-electron chi connectivity index (χ0n) is 6.62. The molecule has 0 atom stereocenters. The second-order valence-electron chi connectivity index (χ2n) is 1.59. The highest BCUT2D eigenvalue weighted by atomic mass is 28.3. The highest BCUT2D eigenvalue weighted by Gasteiger charge is 2.13. The van der Waals surface area contributed by atoms with Crippen LogP contribution in [-0.2, 0) is 18.4 Å². The van der Waals surface area contributed by atoms with E-state index >= 15 is 0 Å². The highest BCUT2D eigenvalue weighted by molar-refractivity contribution is 6.44. The summed E-state index contributed by atoms with van der Waals surface area (Å²) in [5.74, 6) is -0.457. The minimum atomic E-state index is -1.42. The average Bonchev–Trinajstić information content (AvgIpc) is 2.06. The number of hydrogen-bond donors (Lipinski definition) is 0. The summed E-state index contributed by atoms with van der Waals surface area (Å²) in [6.45, 7) is 3.25. The maximum atomic E-state index is 10.5. The van der Waals surface area contributed by atoms with Gasteiger partial charge in [0.25, 0.3) is 0 Å². The molecule has 0 aromatic rings. The van der Waals surface area contributed by atoms with Crippen molar-refractivity contribution in [2.24, 2.45) is 0 Å². The molecule has 0 spiro atoms. The zero-order chi connectivity index (χ0) is 8.69. The quantitative estimate of drug-likeness (QED) is 0.336. The van der Waals surface area contributed by atoms with Crippen LogP contribution in [-0.4, -0.2) is 35.7 Å². The van der Waals surface area contributed by atoms with E-state index in [0.29, 0.717) is 0 Å². The van der Waals surface area contributed by atoms with Crippen LogP contribution in [0.2, 0.25) is 0 Å². The van der Waals surface area contributed by atoms with Crippen LogP contribution in [0.1, 0.15) is 0 Å². The predicted octanol–water partition coefficient (Wildman–Crippen LogP) is 0.0358. The van der Waals surface area contributed by atoms with Gasteiger partial charge >= 0.3 is 15.3 Å². The van der Waals surface area contributed by atoms with Crippen molar-refractivity contribution < 1.29 is 18.4 Å². The van der Waals surface area contributed by atoms with Gasteiger partial charge in [-0.1, -0.05) is 6.58 Å². The number of esters is 1. The summed E-state index contributed by atoms with van der Waals surface area (Å²) < 4.78 is 14.4. The van der Waals surface area contributed by atoms with Gasteiger partial charge in [-0.2, -0.15) is 0 Å². The van der Waals surface area contributed by atoms with Crippen molar-refractivity contribution >= 4 is 15.3 Å². The topological polar surface area (TPSA) is 44.8 Å². The van der Waals surface area contributed by atoms with Crippen molar-refractivity contribution in [3.05, 3.63) is 12.7 Å². The van der Waals surface area contributed by atoms with E-state index < -0.39 is 15.3 Å². The Morgan fingerprint density at radius 3 is 2.45 bits per heavy atom. The molecule has 0 unspecified atom stereocenters. The molecule has 0 aliphatic heterocycles. The molecule has 1 radical (unpaired) electrons. The van der Waals surface area contributed by atoms with Gasteiger partial charge in [-0.3, -0.25) is 0 Å². The first-order valence-corrected chi connectivity index (χ1v) is 4.50. The Bertz CT molecular complexity index is 133. The molecule has 0 fully saturated rings. The lowest BCUT2D eigenvalue weighted by atomic mass is 10.7. The molecule has 0 bridgehead atoms. The fraction of sp³-hybridized carbons (Fsp3) is 0.500. The smallest absolute Gasteiger partial charge is 0.425 e. The molecule has 0 heterocycles. The first kappa shape index (κ1) is 10.3. The Balaban J connectivity index is 3.49. The Morgan fingerprint density at radius 1 is 1.55 bits per heavy atom. The molecule has 0 amide bonds. The van der Waals surface area contributed by atoms with E-state index in [9.17, 15) is 4.79 Å². The molecule has 0 aliphatic carbocycles. The van der Waals surface area contributed by atoms with Gasteiger partial charge in [-0.25, -0.2) is 4.79 Å². The number of rotatable bonds is 5. The molecule has 4 nitrogen and oxygen atoms in total. The second-order valence-corrected chi connectivity index (χ2v) is 3.44. The fourth-order valence-corrected chi connectivity index (χ4v) is 1.05. The summed E-state index contributed by atoms with van der Waals surface area (Å²) >= 11 is 0. The number of carbonyl (C=O) groups excluding carboxylic acids is 1. The molecule has 0 aliphatic rings. The van der Waals surface area contributed by atoms with Gasteiger partial charge in [0.05, 0.1) is 0 Å². The molecule has 0 saturated heterocycles. The minimum Gasteiger partial charge on any atom is -0.461 e. The van der Waals surface area contributed by atoms with Gasteiger partial charge < -0.3 is 13.6 Å². The lowest BCUT2D eigenvalue weighted by Crippen LogP contribution is -2.27. The molecular weight excluding hydrogens is 164 g/mol. The van der Waals surface area contributed by atoms with Crippen LogP contribution in [0.5, 0.6) is 0 Å². The number of hydrogen-bond acceptors (Lipinski definition) is 4. The monoisotopic (exact) mass is 175 g/mol.